The number of aromatic nitrogens is 1. The summed E-state index contributed by atoms with van der Waals surface area (Å²) in [6, 6.07) is 7.59. The first-order chi connectivity index (χ1) is 8.67. The molecule has 0 bridgehead atoms. The highest BCUT2D eigenvalue weighted by Gasteiger charge is 2.23. The van der Waals surface area contributed by atoms with Crippen molar-refractivity contribution in [2.24, 2.45) is 0 Å². The lowest BCUT2D eigenvalue weighted by Gasteiger charge is -2.17. The molecular formula is C11H14NO3PS2. The van der Waals surface area contributed by atoms with Gasteiger partial charge in [0.2, 0.25) is 0 Å². The summed E-state index contributed by atoms with van der Waals surface area (Å²) < 4.78 is 16.7. The van der Waals surface area contributed by atoms with Crippen molar-refractivity contribution in [1.29, 1.82) is 0 Å². The third kappa shape index (κ3) is 3.33. The molecule has 18 heavy (non-hydrogen) atoms. The Morgan fingerprint density at radius 3 is 2.56 bits per heavy atom. The molecule has 0 atom stereocenters. The van der Waals surface area contributed by atoms with Crippen LogP contribution in [0, 0.1) is 0 Å². The van der Waals surface area contributed by atoms with Gasteiger partial charge in [0.25, 0.3) is 10.9 Å². The van der Waals surface area contributed by atoms with Crippen molar-refractivity contribution in [1.82, 2.24) is 4.98 Å². The lowest BCUT2D eigenvalue weighted by Crippen LogP contribution is -1.91. The Morgan fingerprint density at radius 2 is 1.94 bits per heavy atom. The summed E-state index contributed by atoms with van der Waals surface area (Å²) in [5, 5.41) is 0.501. The zero-order chi connectivity index (χ0) is 13.0. The van der Waals surface area contributed by atoms with Gasteiger partial charge in [-0.2, -0.15) is 0 Å². The fraction of sp³-hybridized carbons (Fsp3) is 0.364. The highest BCUT2D eigenvalue weighted by molar-refractivity contribution is 8.67. The molecule has 0 aliphatic carbocycles. The molecule has 4 nitrogen and oxygen atoms in total. The van der Waals surface area contributed by atoms with E-state index in [1.54, 1.807) is 0 Å². The lowest BCUT2D eigenvalue weighted by molar-refractivity contribution is 0.280. The van der Waals surface area contributed by atoms with Gasteiger partial charge in [0.05, 0.1) is 13.2 Å². The molecule has 0 N–H and O–H groups in total. The van der Waals surface area contributed by atoms with Crippen LogP contribution < -0.4 is 0 Å². The van der Waals surface area contributed by atoms with Crippen molar-refractivity contribution in [2.75, 3.05) is 13.2 Å². The van der Waals surface area contributed by atoms with E-state index in [1.807, 2.05) is 38.1 Å². The molecule has 0 saturated heterocycles. The zero-order valence-corrected chi connectivity index (χ0v) is 12.7. The first-order valence-electron chi connectivity index (χ1n) is 5.61. The summed E-state index contributed by atoms with van der Waals surface area (Å²) in [6.45, 7) is 4.83. The molecule has 0 saturated carbocycles. The number of para-hydroxylation sites is 2. The standard InChI is InChI=1S/C11H14NO3PS2/c1-3-13-16(17,14-4-2)18-11-12-9-7-5-6-8-10(9)15-11/h5-8H,3-4H2,1-2H3. The summed E-state index contributed by atoms with van der Waals surface area (Å²) in [5.41, 5.74) is -0.843. The van der Waals surface area contributed by atoms with Gasteiger partial charge in [-0.05, 0) is 37.8 Å². The van der Waals surface area contributed by atoms with Crippen molar-refractivity contribution >= 4 is 40.0 Å². The van der Waals surface area contributed by atoms with Gasteiger partial charge in [0, 0.05) is 11.4 Å². The summed E-state index contributed by atoms with van der Waals surface area (Å²) in [7, 11) is 0. The molecule has 7 heteroatoms. The van der Waals surface area contributed by atoms with E-state index >= 15 is 0 Å². The SMILES string of the molecule is CCOP(=S)(OCC)Sc1nc2ccccc2o1. The average Bonchev–Trinajstić information content (AvgIpc) is 2.70. The van der Waals surface area contributed by atoms with E-state index in [9.17, 15) is 0 Å². The van der Waals surface area contributed by atoms with Gasteiger partial charge < -0.3 is 13.5 Å². The molecule has 98 valence electrons. The Balaban J connectivity index is 2.23. The van der Waals surface area contributed by atoms with Crippen LogP contribution in [-0.2, 0) is 20.9 Å². The van der Waals surface area contributed by atoms with E-state index in [0.717, 1.165) is 11.1 Å². The largest absolute Gasteiger partial charge is 0.431 e. The summed E-state index contributed by atoms with van der Waals surface area (Å²) in [5.74, 6) is 0. The van der Waals surface area contributed by atoms with Gasteiger partial charge in [-0.25, -0.2) is 4.98 Å². The number of fused-ring (bicyclic) bond motifs is 1. The van der Waals surface area contributed by atoms with Crippen molar-refractivity contribution in [3.05, 3.63) is 24.3 Å². The van der Waals surface area contributed by atoms with Gasteiger partial charge in [0.15, 0.2) is 5.58 Å². The van der Waals surface area contributed by atoms with Crippen LogP contribution in [0.25, 0.3) is 11.1 Å². The van der Waals surface area contributed by atoms with E-state index < -0.39 is 5.69 Å². The summed E-state index contributed by atoms with van der Waals surface area (Å²) in [4.78, 5) is 4.36. The Morgan fingerprint density at radius 1 is 1.28 bits per heavy atom. The molecule has 0 amide bonds. The van der Waals surface area contributed by atoms with Crippen LogP contribution in [0.2, 0.25) is 0 Å². The van der Waals surface area contributed by atoms with Crippen molar-refractivity contribution in [2.45, 2.75) is 19.1 Å². The minimum absolute atomic E-state index is 0.501. The Hall–Kier alpha value is -0.390. The number of nitrogens with zero attached hydrogens (tertiary/aromatic N) is 1. The predicted molar refractivity (Wildman–Crippen MR) is 77.4 cm³/mol. The number of hydrogen-bond acceptors (Lipinski definition) is 6. The number of benzene rings is 1. The molecule has 2 rings (SSSR count). The minimum Gasteiger partial charge on any atom is -0.431 e. The van der Waals surface area contributed by atoms with Crippen LogP contribution in [0.5, 0.6) is 0 Å². The van der Waals surface area contributed by atoms with Crippen molar-refractivity contribution < 1.29 is 13.5 Å². The quantitative estimate of drug-likeness (QED) is 0.745. The molecule has 0 aliphatic rings. The molecule has 1 heterocycles. The third-order valence-corrected chi connectivity index (χ3v) is 6.82. The maximum atomic E-state index is 5.61. The van der Waals surface area contributed by atoms with Gasteiger partial charge in [-0.3, -0.25) is 0 Å². The van der Waals surface area contributed by atoms with Gasteiger partial charge in [-0.15, -0.1) is 0 Å². The maximum Gasteiger partial charge on any atom is 0.266 e. The Bertz CT molecular complexity index is 529. The first-order valence-corrected chi connectivity index (χ1v) is 9.67. The van der Waals surface area contributed by atoms with Crippen molar-refractivity contribution in [3.8, 4) is 0 Å². The van der Waals surface area contributed by atoms with E-state index in [2.05, 4.69) is 4.98 Å². The second-order valence-electron chi connectivity index (χ2n) is 3.32. The molecule has 2 aromatic rings. The third-order valence-electron chi connectivity index (χ3n) is 2.04. The van der Waals surface area contributed by atoms with Crippen LogP contribution in [0.3, 0.4) is 0 Å². The monoisotopic (exact) mass is 303 g/mol. The van der Waals surface area contributed by atoms with Crippen LogP contribution >= 0.6 is 17.1 Å². The smallest absolute Gasteiger partial charge is 0.266 e. The number of oxazole rings is 1. The molecule has 0 radical (unpaired) electrons. The van der Waals surface area contributed by atoms with E-state index in [1.165, 1.54) is 11.4 Å². The molecule has 0 spiro atoms. The second-order valence-corrected chi connectivity index (χ2v) is 9.39. The normalized spacial score (nSPS) is 12.1. The first kappa shape index (κ1) is 14.0. The average molecular weight is 303 g/mol. The van der Waals surface area contributed by atoms with E-state index in [0.29, 0.717) is 18.4 Å². The Kier molecular flexibility index (Phi) is 4.81. The van der Waals surface area contributed by atoms with Crippen LogP contribution in [0.4, 0.5) is 0 Å². The summed E-state index contributed by atoms with van der Waals surface area (Å²) >= 11 is 6.69. The fourth-order valence-electron chi connectivity index (χ4n) is 1.39. The van der Waals surface area contributed by atoms with Gasteiger partial charge in [-0.1, -0.05) is 12.1 Å². The van der Waals surface area contributed by atoms with E-state index in [4.69, 9.17) is 25.3 Å². The predicted octanol–water partition coefficient (Wildman–Crippen LogP) is 4.22. The van der Waals surface area contributed by atoms with Gasteiger partial charge in [0.1, 0.15) is 5.52 Å². The Labute approximate surface area is 115 Å². The molecule has 0 aliphatic heterocycles. The van der Waals surface area contributed by atoms with Crippen molar-refractivity contribution in [3.63, 3.8) is 0 Å². The molecule has 0 fully saturated rings. The van der Waals surface area contributed by atoms with E-state index in [-0.39, 0.29) is 0 Å². The van der Waals surface area contributed by atoms with Crippen LogP contribution in [0.1, 0.15) is 13.8 Å². The lowest BCUT2D eigenvalue weighted by atomic mass is 10.3. The van der Waals surface area contributed by atoms with Crippen LogP contribution in [-0.4, -0.2) is 18.2 Å². The molecular weight excluding hydrogens is 289 g/mol. The minimum atomic E-state index is -2.40. The van der Waals surface area contributed by atoms with Crippen LogP contribution in [0.15, 0.2) is 33.9 Å². The zero-order valence-electron chi connectivity index (χ0n) is 10.2. The number of rotatable bonds is 6. The second kappa shape index (κ2) is 6.17. The molecule has 1 aromatic carbocycles. The molecule has 0 unspecified atom stereocenters. The van der Waals surface area contributed by atoms with Gasteiger partial charge >= 0.3 is 0 Å². The fourth-order valence-corrected chi connectivity index (χ4v) is 5.63. The topological polar surface area (TPSA) is 44.5 Å². The summed E-state index contributed by atoms with van der Waals surface area (Å²) in [6.07, 6.45) is 0. The maximum absolute atomic E-state index is 5.61. The molecule has 1 aromatic heterocycles. The highest BCUT2D eigenvalue weighted by Crippen LogP contribution is 2.63. The number of hydrogen-bond donors (Lipinski definition) is 0. The highest BCUT2D eigenvalue weighted by atomic mass is 32.9.